The van der Waals surface area contributed by atoms with E-state index in [1.54, 1.807) is 0 Å². The molecule has 0 spiro atoms. The van der Waals surface area contributed by atoms with E-state index < -0.39 is 0 Å². The van der Waals surface area contributed by atoms with Crippen molar-refractivity contribution in [3.8, 4) is 0 Å². The summed E-state index contributed by atoms with van der Waals surface area (Å²) >= 11 is 0. The summed E-state index contributed by atoms with van der Waals surface area (Å²) < 4.78 is 0. The normalized spacial score (nSPS) is 28.6. The molecule has 3 heteroatoms. The molecule has 0 radical (unpaired) electrons. The highest BCUT2D eigenvalue weighted by Gasteiger charge is 2.33. The molecule has 2 heterocycles. The number of piperidine rings is 2. The maximum absolute atomic E-state index is 3.71. The summed E-state index contributed by atoms with van der Waals surface area (Å²) in [7, 11) is 0. The molecule has 2 saturated heterocycles. The molecule has 20 heavy (non-hydrogen) atoms. The third-order valence-electron chi connectivity index (χ3n) is 5.58. The van der Waals surface area contributed by atoms with Crippen molar-refractivity contribution in [2.75, 3.05) is 39.3 Å². The first-order chi connectivity index (χ1) is 9.86. The molecule has 3 rings (SSSR count). The number of nitrogens with zero attached hydrogens (tertiary/aromatic N) is 2. The molecule has 1 unspecified atom stereocenters. The third-order valence-corrected chi connectivity index (χ3v) is 5.58. The Morgan fingerprint density at radius 1 is 0.950 bits per heavy atom. The first kappa shape index (κ1) is 14.8. The number of likely N-dealkylation sites (tertiary alicyclic amines) is 2. The van der Waals surface area contributed by atoms with Gasteiger partial charge < -0.3 is 15.1 Å². The summed E-state index contributed by atoms with van der Waals surface area (Å²) in [5, 5.41) is 3.71. The van der Waals surface area contributed by atoms with Crippen LogP contribution >= 0.6 is 0 Å². The van der Waals surface area contributed by atoms with Crippen molar-refractivity contribution in [1.82, 2.24) is 15.1 Å². The van der Waals surface area contributed by atoms with Crippen molar-refractivity contribution < 1.29 is 0 Å². The Bertz CT molecular complexity index is 276. The minimum atomic E-state index is 0.770. The molecule has 1 saturated carbocycles. The lowest BCUT2D eigenvalue weighted by atomic mass is 9.99. The molecule has 1 aliphatic carbocycles. The van der Waals surface area contributed by atoms with E-state index in [4.69, 9.17) is 0 Å². The molecule has 1 atom stereocenters. The van der Waals surface area contributed by atoms with Gasteiger partial charge in [-0.15, -0.1) is 0 Å². The summed E-state index contributed by atoms with van der Waals surface area (Å²) in [6.07, 6.45) is 10.1. The number of hydrogen-bond acceptors (Lipinski definition) is 3. The minimum Gasteiger partial charge on any atom is -0.313 e. The van der Waals surface area contributed by atoms with Gasteiger partial charge in [0.1, 0.15) is 0 Å². The van der Waals surface area contributed by atoms with Crippen molar-refractivity contribution in [3.63, 3.8) is 0 Å². The van der Waals surface area contributed by atoms with Crippen LogP contribution in [0.2, 0.25) is 0 Å². The van der Waals surface area contributed by atoms with Crippen LogP contribution < -0.4 is 5.32 Å². The highest BCUT2D eigenvalue weighted by atomic mass is 15.2. The largest absolute Gasteiger partial charge is 0.313 e. The van der Waals surface area contributed by atoms with Crippen molar-refractivity contribution in [1.29, 1.82) is 0 Å². The van der Waals surface area contributed by atoms with Gasteiger partial charge in [-0.1, -0.05) is 13.3 Å². The van der Waals surface area contributed by atoms with Gasteiger partial charge in [0.05, 0.1) is 0 Å². The molecule has 0 bridgehead atoms. The second-order valence-electron chi connectivity index (χ2n) is 7.13. The Kier molecular flexibility index (Phi) is 5.36. The predicted octanol–water partition coefficient (Wildman–Crippen LogP) is 2.32. The summed E-state index contributed by atoms with van der Waals surface area (Å²) in [5.74, 6) is 0.981. The highest BCUT2D eigenvalue weighted by Crippen LogP contribution is 2.33. The molecule has 3 nitrogen and oxygen atoms in total. The van der Waals surface area contributed by atoms with Crippen molar-refractivity contribution >= 4 is 0 Å². The predicted molar refractivity (Wildman–Crippen MR) is 85.1 cm³/mol. The molecule has 0 amide bonds. The average molecular weight is 279 g/mol. The topological polar surface area (TPSA) is 18.5 Å². The molecule has 2 aliphatic heterocycles. The SMILES string of the molecule is CCNC(CN1CCC(N2CCCCC2)CC1)C1CC1. The molecule has 0 aromatic carbocycles. The van der Waals surface area contributed by atoms with Crippen LogP contribution in [0.3, 0.4) is 0 Å². The summed E-state index contributed by atoms with van der Waals surface area (Å²) in [6.45, 7) is 10.1. The van der Waals surface area contributed by atoms with Crippen LogP contribution in [0, 0.1) is 5.92 Å². The van der Waals surface area contributed by atoms with Crippen LogP contribution in [-0.2, 0) is 0 Å². The van der Waals surface area contributed by atoms with Gasteiger partial charge in [-0.3, -0.25) is 0 Å². The minimum absolute atomic E-state index is 0.770. The second-order valence-corrected chi connectivity index (χ2v) is 7.13. The van der Waals surface area contributed by atoms with Crippen LogP contribution in [0.25, 0.3) is 0 Å². The Labute approximate surface area is 125 Å². The lowest BCUT2D eigenvalue weighted by Crippen LogP contribution is -2.50. The van der Waals surface area contributed by atoms with E-state index in [1.807, 2.05) is 0 Å². The van der Waals surface area contributed by atoms with Crippen LogP contribution in [-0.4, -0.2) is 61.2 Å². The molecule has 1 N–H and O–H groups in total. The van der Waals surface area contributed by atoms with Crippen LogP contribution in [0.5, 0.6) is 0 Å². The lowest BCUT2D eigenvalue weighted by Gasteiger charge is -2.41. The molecule has 116 valence electrons. The van der Waals surface area contributed by atoms with Gasteiger partial charge in [-0.05, 0) is 77.2 Å². The fourth-order valence-corrected chi connectivity index (χ4v) is 4.17. The van der Waals surface area contributed by atoms with Crippen molar-refractivity contribution in [3.05, 3.63) is 0 Å². The van der Waals surface area contributed by atoms with Crippen molar-refractivity contribution in [2.45, 2.75) is 64.0 Å². The maximum atomic E-state index is 3.71. The number of rotatable bonds is 6. The van der Waals surface area contributed by atoms with E-state index in [2.05, 4.69) is 22.0 Å². The molecule has 0 aromatic rings. The second kappa shape index (κ2) is 7.24. The summed E-state index contributed by atoms with van der Waals surface area (Å²) in [5.41, 5.74) is 0. The summed E-state index contributed by atoms with van der Waals surface area (Å²) in [4.78, 5) is 5.51. The van der Waals surface area contributed by atoms with E-state index >= 15 is 0 Å². The fraction of sp³-hybridized carbons (Fsp3) is 1.00. The summed E-state index contributed by atoms with van der Waals surface area (Å²) in [6, 6.07) is 1.66. The Morgan fingerprint density at radius 3 is 2.25 bits per heavy atom. The monoisotopic (exact) mass is 279 g/mol. The molecule has 3 fully saturated rings. The van der Waals surface area contributed by atoms with Gasteiger partial charge in [0, 0.05) is 18.6 Å². The maximum Gasteiger partial charge on any atom is 0.0223 e. The quantitative estimate of drug-likeness (QED) is 0.805. The van der Waals surface area contributed by atoms with Gasteiger partial charge in [0.25, 0.3) is 0 Å². The highest BCUT2D eigenvalue weighted by molar-refractivity contribution is 4.90. The standard InChI is InChI=1S/C17H33N3/c1-2-18-17(15-6-7-15)14-19-12-8-16(9-13-19)20-10-4-3-5-11-20/h15-18H,2-14H2,1H3. The molecule has 3 aliphatic rings. The van der Waals surface area contributed by atoms with Gasteiger partial charge in [-0.25, -0.2) is 0 Å². The number of nitrogens with one attached hydrogen (secondary N) is 1. The fourth-order valence-electron chi connectivity index (χ4n) is 4.17. The van der Waals surface area contributed by atoms with Gasteiger partial charge in [0.15, 0.2) is 0 Å². The van der Waals surface area contributed by atoms with E-state index in [0.29, 0.717) is 0 Å². The van der Waals surface area contributed by atoms with E-state index in [-0.39, 0.29) is 0 Å². The zero-order valence-electron chi connectivity index (χ0n) is 13.3. The Hall–Kier alpha value is -0.120. The lowest BCUT2D eigenvalue weighted by molar-refractivity contribution is 0.0868. The average Bonchev–Trinajstić information content (AvgIpc) is 3.33. The van der Waals surface area contributed by atoms with Crippen LogP contribution in [0.15, 0.2) is 0 Å². The van der Waals surface area contributed by atoms with E-state index in [0.717, 1.165) is 24.5 Å². The van der Waals surface area contributed by atoms with Crippen LogP contribution in [0.4, 0.5) is 0 Å². The first-order valence-electron chi connectivity index (χ1n) is 9.06. The zero-order chi connectivity index (χ0) is 13.8. The molecule has 0 aromatic heterocycles. The van der Waals surface area contributed by atoms with Gasteiger partial charge in [-0.2, -0.15) is 0 Å². The smallest absolute Gasteiger partial charge is 0.0223 e. The molecular weight excluding hydrogens is 246 g/mol. The van der Waals surface area contributed by atoms with Crippen LogP contribution in [0.1, 0.15) is 51.9 Å². The number of hydrogen-bond donors (Lipinski definition) is 1. The third kappa shape index (κ3) is 3.96. The molecular formula is C17H33N3. The number of likely N-dealkylation sites (N-methyl/N-ethyl adjacent to an activating group) is 1. The Morgan fingerprint density at radius 2 is 1.65 bits per heavy atom. The van der Waals surface area contributed by atoms with Gasteiger partial charge >= 0.3 is 0 Å². The Balaban J connectivity index is 1.41. The van der Waals surface area contributed by atoms with Gasteiger partial charge in [0.2, 0.25) is 0 Å². The van der Waals surface area contributed by atoms with E-state index in [9.17, 15) is 0 Å². The zero-order valence-corrected chi connectivity index (χ0v) is 13.3. The van der Waals surface area contributed by atoms with E-state index in [1.165, 1.54) is 77.7 Å². The van der Waals surface area contributed by atoms with Crippen molar-refractivity contribution in [2.24, 2.45) is 5.92 Å². The first-order valence-corrected chi connectivity index (χ1v) is 9.06.